The van der Waals surface area contributed by atoms with Crippen LogP contribution in [-0.4, -0.2) is 26.5 Å². The molecule has 1 amide bonds. The van der Waals surface area contributed by atoms with Crippen molar-refractivity contribution < 1.29 is 9.18 Å². The molecule has 0 spiro atoms. The molecule has 1 heterocycles. The Morgan fingerprint density at radius 3 is 2.84 bits per heavy atom. The lowest BCUT2D eigenvalue weighted by Gasteiger charge is -2.20. The first kappa shape index (κ1) is 17.7. The first-order valence-electron chi connectivity index (χ1n) is 8.44. The summed E-state index contributed by atoms with van der Waals surface area (Å²) < 4.78 is 15.3. The molecule has 2 aromatic rings. The van der Waals surface area contributed by atoms with Crippen molar-refractivity contribution >= 4 is 23.4 Å². The third-order valence-electron chi connectivity index (χ3n) is 4.39. The zero-order valence-electron chi connectivity index (χ0n) is 14.2. The van der Waals surface area contributed by atoms with Gasteiger partial charge in [-0.05, 0) is 37.5 Å². The molecule has 0 radical (unpaired) electrons. The smallest absolute Gasteiger partial charge is 0.234 e. The maximum atomic E-state index is 13.8. The number of carbonyl (C=O) groups is 1. The summed E-state index contributed by atoms with van der Waals surface area (Å²) in [5.41, 5.74) is 0.977. The number of thioether (sulfide) groups is 1. The van der Waals surface area contributed by atoms with E-state index in [0.29, 0.717) is 11.1 Å². The number of benzene rings is 1. The summed E-state index contributed by atoms with van der Waals surface area (Å²) in [7, 11) is 0. The van der Waals surface area contributed by atoms with Crippen molar-refractivity contribution in [1.29, 1.82) is 0 Å². The minimum absolute atomic E-state index is 0.0906. The summed E-state index contributed by atoms with van der Waals surface area (Å²) in [4.78, 5) is 12.0. The lowest BCUT2D eigenvalue weighted by molar-refractivity contribution is -0.113. The van der Waals surface area contributed by atoms with Crippen LogP contribution in [0.3, 0.4) is 0 Å². The number of anilines is 1. The van der Waals surface area contributed by atoms with E-state index < -0.39 is 5.82 Å². The Labute approximate surface area is 150 Å². The first-order valence-corrected chi connectivity index (χ1v) is 9.42. The lowest BCUT2D eigenvalue weighted by atomic mass is 9.89. The number of amides is 1. The van der Waals surface area contributed by atoms with Gasteiger partial charge in [0.2, 0.25) is 11.1 Å². The Morgan fingerprint density at radius 2 is 2.12 bits per heavy atom. The van der Waals surface area contributed by atoms with Gasteiger partial charge in [0.05, 0.1) is 11.4 Å². The standard InChI is InChI=1S/C17H22FN5OS/c1-11-7-8-14(13(18)9-11)20-15(24)10-25-17-22-21-16(23(17)19)12-5-3-2-4-6-12/h7-9,12H,2-6,10,19H2,1H3,(H,20,24). The predicted octanol–water partition coefficient (Wildman–Crippen LogP) is 3.22. The van der Waals surface area contributed by atoms with Gasteiger partial charge in [0, 0.05) is 5.92 Å². The molecule has 8 heteroatoms. The molecule has 25 heavy (non-hydrogen) atoms. The number of nitrogen functional groups attached to an aromatic ring is 1. The maximum Gasteiger partial charge on any atom is 0.234 e. The summed E-state index contributed by atoms with van der Waals surface area (Å²) in [5, 5.41) is 11.4. The van der Waals surface area contributed by atoms with Crippen LogP contribution in [0, 0.1) is 12.7 Å². The van der Waals surface area contributed by atoms with Crippen LogP contribution in [-0.2, 0) is 4.79 Å². The van der Waals surface area contributed by atoms with E-state index in [1.54, 1.807) is 19.1 Å². The molecule has 3 rings (SSSR count). The molecule has 1 aliphatic rings. The predicted molar refractivity (Wildman–Crippen MR) is 96.5 cm³/mol. The average molecular weight is 363 g/mol. The largest absolute Gasteiger partial charge is 0.336 e. The van der Waals surface area contributed by atoms with Gasteiger partial charge < -0.3 is 11.2 Å². The van der Waals surface area contributed by atoms with E-state index in [9.17, 15) is 9.18 Å². The van der Waals surface area contributed by atoms with E-state index in [2.05, 4.69) is 15.5 Å². The number of aryl methyl sites for hydroxylation is 1. The normalized spacial score (nSPS) is 15.3. The van der Waals surface area contributed by atoms with Crippen molar-refractivity contribution in [3.63, 3.8) is 0 Å². The van der Waals surface area contributed by atoms with Crippen LogP contribution in [0.25, 0.3) is 0 Å². The van der Waals surface area contributed by atoms with E-state index in [-0.39, 0.29) is 17.3 Å². The van der Waals surface area contributed by atoms with E-state index >= 15 is 0 Å². The molecule has 1 saturated carbocycles. The Balaban J connectivity index is 1.58. The van der Waals surface area contributed by atoms with E-state index in [4.69, 9.17) is 5.84 Å². The second kappa shape index (κ2) is 7.86. The van der Waals surface area contributed by atoms with Crippen molar-refractivity contribution in [3.05, 3.63) is 35.4 Å². The van der Waals surface area contributed by atoms with Crippen LogP contribution in [0.5, 0.6) is 0 Å². The Hall–Kier alpha value is -2.09. The SMILES string of the molecule is Cc1ccc(NC(=O)CSc2nnc(C3CCCCC3)n2N)c(F)c1. The second-order valence-electron chi connectivity index (χ2n) is 6.37. The molecule has 1 fully saturated rings. The van der Waals surface area contributed by atoms with Gasteiger partial charge in [-0.2, -0.15) is 0 Å². The number of hydrogen-bond donors (Lipinski definition) is 2. The van der Waals surface area contributed by atoms with Crippen LogP contribution in [0.1, 0.15) is 49.4 Å². The number of nitrogens with two attached hydrogens (primary N) is 1. The number of nitrogens with zero attached hydrogens (tertiary/aromatic N) is 3. The van der Waals surface area contributed by atoms with Crippen molar-refractivity contribution in [2.45, 2.75) is 50.1 Å². The highest BCUT2D eigenvalue weighted by Crippen LogP contribution is 2.32. The van der Waals surface area contributed by atoms with E-state index in [1.165, 1.54) is 41.8 Å². The topological polar surface area (TPSA) is 85.8 Å². The number of nitrogens with one attached hydrogen (secondary N) is 1. The number of hydrogen-bond acceptors (Lipinski definition) is 5. The zero-order chi connectivity index (χ0) is 17.8. The third-order valence-corrected chi connectivity index (χ3v) is 5.34. The molecule has 0 saturated heterocycles. The monoisotopic (exact) mass is 363 g/mol. The summed E-state index contributed by atoms with van der Waals surface area (Å²) in [6.07, 6.45) is 5.78. The van der Waals surface area contributed by atoms with Crippen LogP contribution < -0.4 is 11.2 Å². The molecular formula is C17H22FN5OS. The Kier molecular flexibility index (Phi) is 5.57. The molecule has 0 bridgehead atoms. The van der Waals surface area contributed by atoms with Gasteiger partial charge in [-0.15, -0.1) is 10.2 Å². The summed E-state index contributed by atoms with van der Waals surface area (Å²) >= 11 is 1.20. The number of halogens is 1. The molecule has 0 atom stereocenters. The van der Waals surface area contributed by atoms with Gasteiger partial charge in [0.25, 0.3) is 0 Å². The quantitative estimate of drug-likeness (QED) is 0.629. The fourth-order valence-electron chi connectivity index (χ4n) is 3.06. The summed E-state index contributed by atoms with van der Waals surface area (Å²) in [5.74, 6) is 6.56. The molecule has 1 aromatic heterocycles. The summed E-state index contributed by atoms with van der Waals surface area (Å²) in [6.45, 7) is 1.79. The van der Waals surface area contributed by atoms with Gasteiger partial charge in [0.1, 0.15) is 5.82 Å². The third kappa shape index (κ3) is 4.31. The van der Waals surface area contributed by atoms with Crippen molar-refractivity contribution in [2.75, 3.05) is 16.9 Å². The molecule has 1 aromatic carbocycles. The van der Waals surface area contributed by atoms with E-state index in [1.807, 2.05) is 0 Å². The second-order valence-corrected chi connectivity index (χ2v) is 7.31. The number of aromatic nitrogens is 3. The lowest BCUT2D eigenvalue weighted by Crippen LogP contribution is -2.20. The van der Waals surface area contributed by atoms with Crippen LogP contribution in [0.15, 0.2) is 23.4 Å². The van der Waals surface area contributed by atoms with Gasteiger partial charge in [0.15, 0.2) is 5.82 Å². The highest BCUT2D eigenvalue weighted by atomic mass is 32.2. The van der Waals surface area contributed by atoms with Crippen LogP contribution >= 0.6 is 11.8 Å². The zero-order valence-corrected chi connectivity index (χ0v) is 15.0. The van der Waals surface area contributed by atoms with Crippen LogP contribution in [0.2, 0.25) is 0 Å². The molecule has 0 unspecified atom stereocenters. The van der Waals surface area contributed by atoms with Crippen molar-refractivity contribution in [3.8, 4) is 0 Å². The number of rotatable bonds is 5. The Bertz CT molecular complexity index is 757. The average Bonchev–Trinajstić information content (AvgIpc) is 2.97. The fraction of sp³-hybridized carbons (Fsp3) is 0.471. The van der Waals surface area contributed by atoms with Crippen molar-refractivity contribution in [1.82, 2.24) is 14.9 Å². The van der Waals surface area contributed by atoms with Gasteiger partial charge >= 0.3 is 0 Å². The van der Waals surface area contributed by atoms with E-state index in [0.717, 1.165) is 24.2 Å². The molecule has 134 valence electrons. The molecule has 1 aliphatic carbocycles. The Morgan fingerprint density at radius 1 is 1.36 bits per heavy atom. The number of carbonyl (C=O) groups excluding carboxylic acids is 1. The maximum absolute atomic E-state index is 13.8. The van der Waals surface area contributed by atoms with Gasteiger partial charge in [-0.25, -0.2) is 9.07 Å². The molecule has 3 N–H and O–H groups in total. The highest BCUT2D eigenvalue weighted by molar-refractivity contribution is 7.99. The summed E-state index contributed by atoms with van der Waals surface area (Å²) in [6, 6.07) is 4.69. The minimum Gasteiger partial charge on any atom is -0.336 e. The minimum atomic E-state index is -0.445. The van der Waals surface area contributed by atoms with Crippen LogP contribution in [0.4, 0.5) is 10.1 Å². The van der Waals surface area contributed by atoms with Crippen molar-refractivity contribution in [2.24, 2.45) is 0 Å². The molecule has 6 nitrogen and oxygen atoms in total. The molecular weight excluding hydrogens is 341 g/mol. The van der Waals surface area contributed by atoms with Gasteiger partial charge in [-0.1, -0.05) is 37.1 Å². The first-order chi connectivity index (χ1) is 12.0. The molecule has 0 aliphatic heterocycles. The fourth-order valence-corrected chi connectivity index (χ4v) is 3.73. The highest BCUT2D eigenvalue weighted by Gasteiger charge is 2.22. The van der Waals surface area contributed by atoms with Gasteiger partial charge in [-0.3, -0.25) is 4.79 Å².